The number of pyridine rings is 1. The van der Waals surface area contributed by atoms with Gasteiger partial charge in [0.15, 0.2) is 0 Å². The number of benzene rings is 1. The second kappa shape index (κ2) is 7.22. The highest BCUT2D eigenvalue weighted by Gasteiger charge is 2.10. The normalized spacial score (nSPS) is 11.9. The fourth-order valence-electron chi connectivity index (χ4n) is 2.09. The summed E-state index contributed by atoms with van der Waals surface area (Å²) in [7, 11) is 0. The van der Waals surface area contributed by atoms with Crippen molar-refractivity contribution in [3.63, 3.8) is 0 Å². The molecular weight excluding hydrogens is 330 g/mol. The Morgan fingerprint density at radius 2 is 2.05 bits per heavy atom. The largest absolute Gasteiger partial charge is 0.382 e. The molecule has 0 radical (unpaired) electrons. The Balaban J connectivity index is 1.94. The van der Waals surface area contributed by atoms with Gasteiger partial charge >= 0.3 is 0 Å². The minimum Gasteiger partial charge on any atom is -0.382 e. The minimum atomic E-state index is -0.467. The molecule has 0 saturated carbocycles. The van der Waals surface area contributed by atoms with Crippen molar-refractivity contribution in [2.75, 3.05) is 5.32 Å². The van der Waals surface area contributed by atoms with Crippen molar-refractivity contribution in [1.82, 2.24) is 4.98 Å². The number of rotatable bonds is 6. The molecule has 110 valence electrons. The zero-order chi connectivity index (χ0) is 15.2. The van der Waals surface area contributed by atoms with Gasteiger partial charge in [0.2, 0.25) is 0 Å². The lowest BCUT2D eigenvalue weighted by atomic mass is 10.1. The Bertz CT molecular complexity index is 613. The first-order valence-electron chi connectivity index (χ1n) is 6.81. The molecule has 4 nitrogen and oxygen atoms in total. The number of anilines is 1. The predicted octanol–water partition coefficient (Wildman–Crippen LogP) is 3.38. The second-order valence-electron chi connectivity index (χ2n) is 5.00. The Kier molecular flexibility index (Phi) is 5.33. The van der Waals surface area contributed by atoms with Crippen LogP contribution in [-0.4, -0.2) is 16.9 Å². The summed E-state index contributed by atoms with van der Waals surface area (Å²) < 4.78 is 1.08. The number of carbonyl (C=O) groups excluding carboxylic acids is 1. The van der Waals surface area contributed by atoms with Crippen LogP contribution in [0, 0.1) is 0 Å². The highest BCUT2D eigenvalue weighted by Crippen LogP contribution is 2.17. The Morgan fingerprint density at radius 1 is 1.33 bits per heavy atom. The summed E-state index contributed by atoms with van der Waals surface area (Å²) in [6, 6.07) is 10.3. The smallest absolute Gasteiger partial charge is 0.252 e. The third-order valence-corrected chi connectivity index (χ3v) is 3.80. The second-order valence-corrected chi connectivity index (χ2v) is 5.91. The van der Waals surface area contributed by atoms with Gasteiger partial charge < -0.3 is 11.1 Å². The Labute approximate surface area is 132 Å². The Hall–Kier alpha value is -1.88. The van der Waals surface area contributed by atoms with Crippen LogP contribution in [0.25, 0.3) is 0 Å². The summed E-state index contributed by atoms with van der Waals surface area (Å²) in [5.74, 6) is -0.467. The summed E-state index contributed by atoms with van der Waals surface area (Å²) in [4.78, 5) is 15.3. The van der Waals surface area contributed by atoms with Gasteiger partial charge in [-0.15, -0.1) is 0 Å². The van der Waals surface area contributed by atoms with Crippen LogP contribution in [0.15, 0.2) is 47.2 Å². The van der Waals surface area contributed by atoms with E-state index in [1.807, 2.05) is 12.1 Å². The van der Waals surface area contributed by atoms with Gasteiger partial charge in [-0.3, -0.25) is 9.78 Å². The molecule has 1 aromatic carbocycles. The molecule has 1 heterocycles. The number of nitrogens with zero attached hydrogens (tertiary/aromatic N) is 1. The van der Waals surface area contributed by atoms with E-state index >= 15 is 0 Å². The summed E-state index contributed by atoms with van der Waals surface area (Å²) in [5.41, 5.74) is 7.80. The molecule has 0 aliphatic heterocycles. The molecule has 0 saturated heterocycles. The molecule has 1 atom stereocenters. The molecule has 21 heavy (non-hydrogen) atoms. The first-order chi connectivity index (χ1) is 10.1. The van der Waals surface area contributed by atoms with E-state index in [-0.39, 0.29) is 6.04 Å². The zero-order valence-electron chi connectivity index (χ0n) is 11.8. The zero-order valence-corrected chi connectivity index (χ0v) is 13.4. The van der Waals surface area contributed by atoms with Crippen LogP contribution in [0.1, 0.15) is 29.3 Å². The van der Waals surface area contributed by atoms with Gasteiger partial charge in [-0.2, -0.15) is 0 Å². The SMILES string of the molecule is CC(CCc1ccc(Br)cc1)Nc1ccncc1C(N)=O. The summed E-state index contributed by atoms with van der Waals surface area (Å²) in [6.07, 6.45) is 5.07. The lowest BCUT2D eigenvalue weighted by molar-refractivity contribution is 0.100. The lowest BCUT2D eigenvalue weighted by Gasteiger charge is -2.17. The lowest BCUT2D eigenvalue weighted by Crippen LogP contribution is -2.20. The monoisotopic (exact) mass is 347 g/mol. The number of amides is 1. The number of hydrogen-bond acceptors (Lipinski definition) is 3. The number of halogens is 1. The molecule has 0 aliphatic rings. The molecule has 1 amide bonds. The first kappa shape index (κ1) is 15.5. The van der Waals surface area contributed by atoms with E-state index in [2.05, 4.69) is 45.3 Å². The van der Waals surface area contributed by atoms with E-state index in [0.717, 1.165) is 23.0 Å². The van der Waals surface area contributed by atoms with Crippen LogP contribution >= 0.6 is 15.9 Å². The van der Waals surface area contributed by atoms with Crippen LogP contribution in [0.4, 0.5) is 5.69 Å². The predicted molar refractivity (Wildman–Crippen MR) is 88.3 cm³/mol. The van der Waals surface area contributed by atoms with Crippen LogP contribution in [-0.2, 0) is 6.42 Å². The number of aryl methyl sites for hydroxylation is 1. The third kappa shape index (κ3) is 4.56. The molecule has 2 rings (SSSR count). The number of aromatic nitrogens is 1. The molecule has 0 spiro atoms. The van der Waals surface area contributed by atoms with Crippen LogP contribution in [0.3, 0.4) is 0 Å². The van der Waals surface area contributed by atoms with Gasteiger partial charge in [0, 0.05) is 22.9 Å². The molecule has 0 bridgehead atoms. The summed E-state index contributed by atoms with van der Waals surface area (Å²) in [5, 5.41) is 3.32. The van der Waals surface area contributed by atoms with Gasteiger partial charge in [-0.05, 0) is 43.5 Å². The highest BCUT2D eigenvalue weighted by molar-refractivity contribution is 9.10. The van der Waals surface area contributed by atoms with Crippen LogP contribution < -0.4 is 11.1 Å². The van der Waals surface area contributed by atoms with Crippen molar-refractivity contribution in [2.45, 2.75) is 25.8 Å². The van der Waals surface area contributed by atoms with E-state index in [0.29, 0.717) is 5.56 Å². The molecule has 1 unspecified atom stereocenters. The van der Waals surface area contributed by atoms with E-state index in [4.69, 9.17) is 5.73 Å². The fourth-order valence-corrected chi connectivity index (χ4v) is 2.35. The maximum atomic E-state index is 11.4. The number of primary amides is 1. The molecule has 0 aliphatic carbocycles. The van der Waals surface area contributed by atoms with Crippen molar-refractivity contribution in [3.05, 3.63) is 58.3 Å². The number of nitrogens with one attached hydrogen (secondary N) is 1. The summed E-state index contributed by atoms with van der Waals surface area (Å²) >= 11 is 3.43. The van der Waals surface area contributed by atoms with E-state index < -0.39 is 5.91 Å². The van der Waals surface area contributed by atoms with Crippen LogP contribution in [0.5, 0.6) is 0 Å². The molecular formula is C16H18BrN3O. The van der Waals surface area contributed by atoms with Crippen molar-refractivity contribution >= 4 is 27.5 Å². The minimum absolute atomic E-state index is 0.231. The third-order valence-electron chi connectivity index (χ3n) is 3.27. The standard InChI is InChI=1S/C16H18BrN3O/c1-11(2-3-12-4-6-13(17)7-5-12)20-15-8-9-19-10-14(15)16(18)21/h4-11H,2-3H2,1H3,(H2,18,21)(H,19,20). The van der Waals surface area contributed by atoms with Crippen LogP contribution in [0.2, 0.25) is 0 Å². The summed E-state index contributed by atoms with van der Waals surface area (Å²) in [6.45, 7) is 2.09. The number of carbonyl (C=O) groups is 1. The van der Waals surface area contributed by atoms with Crippen molar-refractivity contribution < 1.29 is 4.79 Å². The fraction of sp³-hybridized carbons (Fsp3) is 0.250. The average molecular weight is 348 g/mol. The number of nitrogens with two attached hydrogens (primary N) is 1. The highest BCUT2D eigenvalue weighted by atomic mass is 79.9. The van der Waals surface area contributed by atoms with Crippen molar-refractivity contribution in [1.29, 1.82) is 0 Å². The van der Waals surface area contributed by atoms with Crippen molar-refractivity contribution in [2.24, 2.45) is 5.73 Å². The molecule has 1 aromatic heterocycles. The van der Waals surface area contributed by atoms with Gasteiger partial charge in [0.1, 0.15) is 0 Å². The van der Waals surface area contributed by atoms with Gasteiger partial charge in [0.25, 0.3) is 5.91 Å². The molecule has 0 fully saturated rings. The van der Waals surface area contributed by atoms with Gasteiger partial charge in [0.05, 0.1) is 11.3 Å². The van der Waals surface area contributed by atoms with Crippen molar-refractivity contribution in [3.8, 4) is 0 Å². The van der Waals surface area contributed by atoms with E-state index in [1.54, 1.807) is 12.3 Å². The average Bonchev–Trinajstić information content (AvgIpc) is 2.47. The quantitative estimate of drug-likeness (QED) is 0.841. The van der Waals surface area contributed by atoms with Gasteiger partial charge in [-0.25, -0.2) is 0 Å². The molecule has 5 heteroatoms. The van der Waals surface area contributed by atoms with E-state index in [9.17, 15) is 4.79 Å². The maximum absolute atomic E-state index is 11.4. The first-order valence-corrected chi connectivity index (χ1v) is 7.60. The molecule has 3 N–H and O–H groups in total. The number of hydrogen-bond donors (Lipinski definition) is 2. The molecule has 2 aromatic rings. The Morgan fingerprint density at radius 3 is 2.71 bits per heavy atom. The maximum Gasteiger partial charge on any atom is 0.252 e. The van der Waals surface area contributed by atoms with E-state index in [1.165, 1.54) is 11.8 Å². The van der Waals surface area contributed by atoms with Gasteiger partial charge in [-0.1, -0.05) is 28.1 Å². The topological polar surface area (TPSA) is 68.0 Å².